The van der Waals surface area contributed by atoms with Crippen molar-refractivity contribution >= 4 is 11.9 Å². The van der Waals surface area contributed by atoms with Gasteiger partial charge in [0, 0.05) is 13.0 Å². The lowest BCUT2D eigenvalue weighted by molar-refractivity contribution is -0.141. The second kappa shape index (κ2) is 2.98. The first kappa shape index (κ1) is 8.79. The first-order valence-corrected chi connectivity index (χ1v) is 3.54. The average Bonchev–Trinajstić information content (AvgIpc) is 2.31. The molecule has 6 heteroatoms. The molecule has 0 aromatic carbocycles. The normalized spacial score (nSPS) is 28.9. The van der Waals surface area contributed by atoms with Crippen molar-refractivity contribution < 1.29 is 15.0 Å². The molecule has 0 aliphatic carbocycles. The van der Waals surface area contributed by atoms with Crippen LogP contribution in [0.1, 0.15) is 6.42 Å². The lowest BCUT2D eigenvalue weighted by atomic mass is 10.2. The van der Waals surface area contributed by atoms with Crippen molar-refractivity contribution in [2.75, 3.05) is 6.54 Å². The Bertz CT molecular complexity index is 196. The standard InChI is InChI=1S/C6H11N3O3/c7-6(8)9-2-3(10)1-4(9)5(11)12/h3-4,10H,1-2H2,(H3,7,8)(H,11,12)/t3?,4-/m0/s1. The fourth-order valence-corrected chi connectivity index (χ4v) is 1.31. The summed E-state index contributed by atoms with van der Waals surface area (Å²) in [6.45, 7) is 0.131. The maximum absolute atomic E-state index is 10.6. The Hall–Kier alpha value is -1.30. The van der Waals surface area contributed by atoms with Gasteiger partial charge in [0.05, 0.1) is 6.10 Å². The second-order valence-corrected chi connectivity index (χ2v) is 2.78. The van der Waals surface area contributed by atoms with Crippen molar-refractivity contribution in [3.63, 3.8) is 0 Å². The van der Waals surface area contributed by atoms with Gasteiger partial charge in [0.25, 0.3) is 0 Å². The third-order valence-electron chi connectivity index (χ3n) is 1.87. The van der Waals surface area contributed by atoms with Crippen LogP contribution < -0.4 is 5.73 Å². The highest BCUT2D eigenvalue weighted by molar-refractivity contribution is 5.83. The number of likely N-dealkylation sites (tertiary alicyclic amines) is 1. The molecule has 12 heavy (non-hydrogen) atoms. The zero-order chi connectivity index (χ0) is 9.30. The summed E-state index contributed by atoms with van der Waals surface area (Å²) in [5.41, 5.74) is 5.12. The molecule has 1 unspecified atom stereocenters. The van der Waals surface area contributed by atoms with Crippen LogP contribution in [0.4, 0.5) is 0 Å². The van der Waals surface area contributed by atoms with Crippen LogP contribution >= 0.6 is 0 Å². The highest BCUT2D eigenvalue weighted by atomic mass is 16.4. The van der Waals surface area contributed by atoms with E-state index in [0.717, 1.165) is 0 Å². The number of guanidine groups is 1. The number of hydrogen-bond acceptors (Lipinski definition) is 3. The Morgan fingerprint density at radius 3 is 2.58 bits per heavy atom. The number of carbonyl (C=O) groups is 1. The number of aliphatic carboxylic acids is 1. The van der Waals surface area contributed by atoms with Gasteiger partial charge in [-0.05, 0) is 0 Å². The Kier molecular flexibility index (Phi) is 2.18. The minimum Gasteiger partial charge on any atom is -0.480 e. The third-order valence-corrected chi connectivity index (χ3v) is 1.87. The molecule has 0 aromatic rings. The summed E-state index contributed by atoms with van der Waals surface area (Å²) in [5, 5.41) is 24.8. The van der Waals surface area contributed by atoms with Gasteiger partial charge in [-0.3, -0.25) is 5.41 Å². The van der Waals surface area contributed by atoms with Gasteiger partial charge in [0.15, 0.2) is 5.96 Å². The minimum absolute atomic E-state index is 0.131. The van der Waals surface area contributed by atoms with E-state index < -0.39 is 18.1 Å². The molecule has 68 valence electrons. The first-order valence-electron chi connectivity index (χ1n) is 3.54. The van der Waals surface area contributed by atoms with Gasteiger partial charge in [-0.1, -0.05) is 0 Å². The predicted molar refractivity (Wildman–Crippen MR) is 40.7 cm³/mol. The molecule has 2 atom stereocenters. The summed E-state index contributed by atoms with van der Waals surface area (Å²) in [5.74, 6) is -1.36. The summed E-state index contributed by atoms with van der Waals surface area (Å²) in [7, 11) is 0. The van der Waals surface area contributed by atoms with Crippen LogP contribution in [-0.2, 0) is 4.79 Å². The molecule has 1 aliphatic rings. The third kappa shape index (κ3) is 1.48. The van der Waals surface area contributed by atoms with Gasteiger partial charge in [-0.25, -0.2) is 4.79 Å². The van der Waals surface area contributed by atoms with Crippen molar-refractivity contribution in [1.29, 1.82) is 5.41 Å². The van der Waals surface area contributed by atoms with Crippen molar-refractivity contribution in [3.8, 4) is 0 Å². The van der Waals surface area contributed by atoms with E-state index in [1.165, 1.54) is 4.90 Å². The monoisotopic (exact) mass is 173 g/mol. The number of aliphatic hydroxyl groups is 1. The maximum Gasteiger partial charge on any atom is 0.326 e. The Balaban J connectivity index is 2.72. The molecule has 0 spiro atoms. The maximum atomic E-state index is 10.6. The molecular weight excluding hydrogens is 162 g/mol. The lowest BCUT2D eigenvalue weighted by Crippen LogP contribution is -2.44. The zero-order valence-electron chi connectivity index (χ0n) is 6.40. The number of carboxylic acids is 1. The van der Waals surface area contributed by atoms with Crippen LogP contribution in [0.25, 0.3) is 0 Å². The molecule has 1 fully saturated rings. The molecule has 1 aliphatic heterocycles. The number of nitrogens with zero attached hydrogens (tertiary/aromatic N) is 1. The molecule has 1 saturated heterocycles. The van der Waals surface area contributed by atoms with Gasteiger partial charge < -0.3 is 20.8 Å². The molecule has 0 bridgehead atoms. The molecule has 1 heterocycles. The van der Waals surface area contributed by atoms with Gasteiger partial charge in [0.2, 0.25) is 0 Å². The van der Waals surface area contributed by atoms with Gasteiger partial charge in [0.1, 0.15) is 6.04 Å². The Morgan fingerprint density at radius 2 is 2.25 bits per heavy atom. The molecule has 6 nitrogen and oxygen atoms in total. The number of hydrogen-bond donors (Lipinski definition) is 4. The van der Waals surface area contributed by atoms with E-state index >= 15 is 0 Å². The molecule has 0 radical (unpaired) electrons. The largest absolute Gasteiger partial charge is 0.480 e. The number of nitrogens with one attached hydrogen (secondary N) is 1. The second-order valence-electron chi connectivity index (χ2n) is 2.78. The highest BCUT2D eigenvalue weighted by Gasteiger charge is 2.36. The summed E-state index contributed by atoms with van der Waals surface area (Å²) >= 11 is 0. The van der Waals surface area contributed by atoms with E-state index in [2.05, 4.69) is 0 Å². The Labute approximate surface area is 69.1 Å². The molecule has 1 rings (SSSR count). The van der Waals surface area contributed by atoms with E-state index in [1.807, 2.05) is 0 Å². The number of β-amino-alcohol motifs (C(OH)–C–C–N with tert-alkyl or cyclic N) is 1. The number of rotatable bonds is 1. The summed E-state index contributed by atoms with van der Waals surface area (Å²) in [6.07, 6.45) is -0.565. The number of aliphatic hydroxyl groups excluding tert-OH is 1. The van der Waals surface area contributed by atoms with Crippen molar-refractivity contribution in [2.24, 2.45) is 5.73 Å². The zero-order valence-corrected chi connectivity index (χ0v) is 6.40. The van der Waals surface area contributed by atoms with E-state index in [-0.39, 0.29) is 18.9 Å². The number of carboxylic acid groups (broad SMARTS) is 1. The van der Waals surface area contributed by atoms with Gasteiger partial charge in [-0.15, -0.1) is 0 Å². The fourth-order valence-electron chi connectivity index (χ4n) is 1.31. The van der Waals surface area contributed by atoms with E-state index in [1.54, 1.807) is 0 Å². The molecule has 5 N–H and O–H groups in total. The highest BCUT2D eigenvalue weighted by Crippen LogP contribution is 2.16. The van der Waals surface area contributed by atoms with Crippen LogP contribution in [0.3, 0.4) is 0 Å². The van der Waals surface area contributed by atoms with Gasteiger partial charge >= 0.3 is 5.97 Å². The molecule has 0 amide bonds. The van der Waals surface area contributed by atoms with E-state index in [0.29, 0.717) is 0 Å². The first-order chi connectivity index (χ1) is 5.52. The average molecular weight is 173 g/mol. The van der Waals surface area contributed by atoms with Crippen LogP contribution in [0.2, 0.25) is 0 Å². The van der Waals surface area contributed by atoms with Crippen LogP contribution in [0.15, 0.2) is 0 Å². The van der Waals surface area contributed by atoms with Crippen molar-refractivity contribution in [2.45, 2.75) is 18.6 Å². The van der Waals surface area contributed by atoms with Crippen LogP contribution in [-0.4, -0.2) is 45.7 Å². The number of nitrogens with two attached hydrogens (primary N) is 1. The topological polar surface area (TPSA) is 111 Å². The van der Waals surface area contributed by atoms with Crippen LogP contribution in [0, 0.1) is 5.41 Å². The lowest BCUT2D eigenvalue weighted by Gasteiger charge is -2.20. The Morgan fingerprint density at radius 1 is 1.67 bits per heavy atom. The van der Waals surface area contributed by atoms with Crippen molar-refractivity contribution in [3.05, 3.63) is 0 Å². The molecule has 0 aromatic heterocycles. The fraction of sp³-hybridized carbons (Fsp3) is 0.667. The van der Waals surface area contributed by atoms with Gasteiger partial charge in [-0.2, -0.15) is 0 Å². The summed E-state index contributed by atoms with van der Waals surface area (Å²) in [6, 6.07) is -0.850. The predicted octanol–water partition coefficient (Wildman–Crippen LogP) is -1.60. The summed E-state index contributed by atoms with van der Waals surface area (Å²) in [4.78, 5) is 11.7. The van der Waals surface area contributed by atoms with Crippen molar-refractivity contribution in [1.82, 2.24) is 4.90 Å². The smallest absolute Gasteiger partial charge is 0.326 e. The van der Waals surface area contributed by atoms with Crippen LogP contribution in [0.5, 0.6) is 0 Å². The molecule has 0 saturated carbocycles. The molecular formula is C6H11N3O3. The summed E-state index contributed by atoms with van der Waals surface area (Å²) < 4.78 is 0. The quantitative estimate of drug-likeness (QED) is 0.282. The van der Waals surface area contributed by atoms with E-state index in [9.17, 15) is 4.79 Å². The SMILES string of the molecule is N=C(N)N1CC(O)C[C@H]1C(=O)O. The van der Waals surface area contributed by atoms with E-state index in [4.69, 9.17) is 21.4 Å². The minimum atomic E-state index is -1.05.